The van der Waals surface area contributed by atoms with Gasteiger partial charge in [-0.1, -0.05) is 47.6 Å². The molecule has 2 aromatic carbocycles. The van der Waals surface area contributed by atoms with E-state index in [-0.39, 0.29) is 11.6 Å². The zero-order chi connectivity index (χ0) is 18.8. The molecule has 0 amide bonds. The Balaban J connectivity index is 1.71. The number of nitrogens with zero attached hydrogens (tertiary/aromatic N) is 2. The van der Waals surface area contributed by atoms with Gasteiger partial charge < -0.3 is 9.26 Å². The minimum Gasteiger partial charge on any atom is -0.402 e. The Morgan fingerprint density at radius 1 is 1.04 bits per heavy atom. The molecule has 2 heterocycles. The molecule has 1 aromatic heterocycles. The molecule has 1 aliphatic heterocycles. The van der Waals surface area contributed by atoms with Crippen LogP contribution in [0.4, 0.5) is 0 Å². The van der Waals surface area contributed by atoms with Crippen LogP contribution in [0.25, 0.3) is 17.3 Å². The van der Waals surface area contributed by atoms with E-state index in [4.69, 9.17) is 9.26 Å². The van der Waals surface area contributed by atoms with Gasteiger partial charge in [-0.25, -0.2) is 9.79 Å². The van der Waals surface area contributed by atoms with E-state index < -0.39 is 5.97 Å². The summed E-state index contributed by atoms with van der Waals surface area (Å²) in [6, 6.07) is 17.5. The fourth-order valence-corrected chi connectivity index (χ4v) is 3.20. The summed E-state index contributed by atoms with van der Waals surface area (Å²) in [5, 5.41) is 4.11. The van der Waals surface area contributed by atoms with E-state index in [0.717, 1.165) is 16.0 Å². The molecule has 0 radical (unpaired) electrons. The lowest BCUT2D eigenvalue weighted by atomic mass is 10.1. The Labute approximate surface area is 160 Å². The normalized spacial score (nSPS) is 15.1. The summed E-state index contributed by atoms with van der Waals surface area (Å²) in [6.45, 7) is 1.77. The number of hydrogen-bond acceptors (Lipinski definition) is 6. The summed E-state index contributed by atoms with van der Waals surface area (Å²) in [5.74, 6) is 0.272. The number of benzene rings is 2. The van der Waals surface area contributed by atoms with Crippen molar-refractivity contribution in [3.05, 3.63) is 77.2 Å². The molecule has 0 aliphatic carbocycles. The summed E-state index contributed by atoms with van der Waals surface area (Å²) in [7, 11) is 0. The summed E-state index contributed by atoms with van der Waals surface area (Å²) in [4.78, 5) is 17.9. The zero-order valence-electron chi connectivity index (χ0n) is 14.8. The molecule has 0 N–H and O–H groups in total. The number of aromatic nitrogens is 1. The van der Waals surface area contributed by atoms with E-state index in [1.807, 2.05) is 60.9 Å². The molecule has 0 atom stereocenters. The average molecular weight is 376 g/mol. The molecule has 5 nitrogen and oxygen atoms in total. The third-order valence-corrected chi connectivity index (χ3v) is 4.91. The first-order chi connectivity index (χ1) is 13.2. The van der Waals surface area contributed by atoms with E-state index in [2.05, 4.69) is 10.1 Å². The van der Waals surface area contributed by atoms with E-state index in [0.29, 0.717) is 17.0 Å². The van der Waals surface area contributed by atoms with Crippen molar-refractivity contribution < 1.29 is 14.1 Å². The quantitative estimate of drug-likeness (QED) is 0.375. The van der Waals surface area contributed by atoms with Crippen LogP contribution in [-0.2, 0) is 9.53 Å². The molecular weight excluding hydrogens is 360 g/mol. The average Bonchev–Trinajstić information content (AvgIpc) is 3.25. The van der Waals surface area contributed by atoms with Gasteiger partial charge in [0.15, 0.2) is 5.70 Å². The Hall–Kier alpha value is -3.12. The van der Waals surface area contributed by atoms with Crippen molar-refractivity contribution in [3.63, 3.8) is 0 Å². The minimum atomic E-state index is -0.487. The van der Waals surface area contributed by atoms with Crippen LogP contribution in [0.1, 0.15) is 16.9 Å². The Morgan fingerprint density at radius 3 is 2.48 bits per heavy atom. The smallest absolute Gasteiger partial charge is 0.363 e. The lowest BCUT2D eigenvalue weighted by molar-refractivity contribution is -0.129. The highest BCUT2D eigenvalue weighted by Crippen LogP contribution is 2.29. The van der Waals surface area contributed by atoms with Crippen LogP contribution in [-0.4, -0.2) is 23.3 Å². The monoisotopic (exact) mass is 376 g/mol. The largest absolute Gasteiger partial charge is 0.402 e. The van der Waals surface area contributed by atoms with Crippen LogP contribution < -0.4 is 0 Å². The maximum Gasteiger partial charge on any atom is 0.363 e. The highest BCUT2D eigenvalue weighted by atomic mass is 32.2. The van der Waals surface area contributed by atoms with Crippen LogP contribution in [0.3, 0.4) is 0 Å². The first-order valence-corrected chi connectivity index (χ1v) is 9.57. The molecule has 0 unspecified atom stereocenters. The molecule has 6 heteroatoms. The van der Waals surface area contributed by atoms with Gasteiger partial charge in [0.05, 0.1) is 0 Å². The highest BCUT2D eigenvalue weighted by molar-refractivity contribution is 7.98. The lowest BCUT2D eigenvalue weighted by Crippen LogP contribution is -2.07. The van der Waals surface area contributed by atoms with Crippen LogP contribution >= 0.6 is 11.8 Å². The van der Waals surface area contributed by atoms with Crippen LogP contribution in [0.5, 0.6) is 0 Å². The molecule has 0 saturated carbocycles. The van der Waals surface area contributed by atoms with Gasteiger partial charge in [-0.15, -0.1) is 11.8 Å². The molecular formula is C21H16N2O3S. The maximum atomic E-state index is 12.3. The van der Waals surface area contributed by atoms with Crippen molar-refractivity contribution in [1.29, 1.82) is 0 Å². The molecule has 134 valence electrons. The number of hydrogen-bond donors (Lipinski definition) is 0. The molecule has 3 aromatic rings. The predicted molar refractivity (Wildman–Crippen MR) is 106 cm³/mol. The number of carbonyl (C=O) groups is 1. The molecule has 27 heavy (non-hydrogen) atoms. The minimum absolute atomic E-state index is 0.213. The number of aliphatic imine (C=N–C) groups is 1. The SMILES string of the molecule is CSc1ccc(/C=C2/N=C(c3c(-c4ccccc4)noc3C)OC2=O)cc1. The number of ether oxygens (including phenoxy) is 1. The Kier molecular flexibility index (Phi) is 4.64. The number of aryl methyl sites for hydroxylation is 1. The van der Waals surface area contributed by atoms with Gasteiger partial charge in [-0.2, -0.15) is 0 Å². The number of carbonyl (C=O) groups excluding carboxylic acids is 1. The summed E-state index contributed by atoms with van der Waals surface area (Å²) in [6.07, 6.45) is 3.73. The molecule has 0 spiro atoms. The molecule has 4 rings (SSSR count). The van der Waals surface area contributed by atoms with Crippen LogP contribution in [0.15, 0.2) is 74.7 Å². The summed E-state index contributed by atoms with van der Waals surface area (Å²) in [5.41, 5.74) is 3.20. The number of cyclic esters (lactones) is 1. The predicted octanol–water partition coefficient (Wildman–Crippen LogP) is 4.72. The van der Waals surface area contributed by atoms with E-state index in [1.165, 1.54) is 0 Å². The van der Waals surface area contributed by atoms with Gasteiger partial charge in [-0.3, -0.25) is 0 Å². The summed E-state index contributed by atoms with van der Waals surface area (Å²) < 4.78 is 10.7. The fourth-order valence-electron chi connectivity index (χ4n) is 2.79. The molecule has 0 fully saturated rings. The van der Waals surface area contributed by atoms with Gasteiger partial charge >= 0.3 is 5.97 Å². The van der Waals surface area contributed by atoms with Gasteiger partial charge in [0.2, 0.25) is 5.90 Å². The molecule has 1 aliphatic rings. The van der Waals surface area contributed by atoms with Crippen molar-refractivity contribution in [2.75, 3.05) is 6.26 Å². The fraction of sp³-hybridized carbons (Fsp3) is 0.0952. The van der Waals surface area contributed by atoms with Gasteiger partial charge in [0, 0.05) is 10.5 Å². The van der Waals surface area contributed by atoms with Crippen molar-refractivity contribution in [1.82, 2.24) is 5.16 Å². The second kappa shape index (κ2) is 7.25. The van der Waals surface area contributed by atoms with Gasteiger partial charge in [0.25, 0.3) is 0 Å². The molecule has 0 saturated heterocycles. The number of rotatable bonds is 4. The van der Waals surface area contributed by atoms with Gasteiger partial charge in [0.1, 0.15) is 17.0 Å². The van der Waals surface area contributed by atoms with Gasteiger partial charge in [-0.05, 0) is 37.0 Å². The van der Waals surface area contributed by atoms with Crippen molar-refractivity contribution in [2.24, 2.45) is 4.99 Å². The Morgan fingerprint density at radius 2 is 1.78 bits per heavy atom. The third kappa shape index (κ3) is 3.44. The summed E-state index contributed by atoms with van der Waals surface area (Å²) >= 11 is 1.66. The third-order valence-electron chi connectivity index (χ3n) is 4.16. The first-order valence-electron chi connectivity index (χ1n) is 8.34. The van der Waals surface area contributed by atoms with Crippen LogP contribution in [0, 0.1) is 6.92 Å². The lowest BCUT2D eigenvalue weighted by Gasteiger charge is -2.01. The van der Waals surface area contributed by atoms with Crippen molar-refractivity contribution >= 4 is 29.7 Å². The molecule has 0 bridgehead atoms. The van der Waals surface area contributed by atoms with Crippen molar-refractivity contribution in [2.45, 2.75) is 11.8 Å². The maximum absolute atomic E-state index is 12.3. The standard InChI is InChI=1S/C21H16N2O3S/c1-13-18(19(23-26-13)15-6-4-3-5-7-15)20-22-17(21(24)25-20)12-14-8-10-16(27-2)11-9-14/h3-12H,1-2H3/b17-12+. The zero-order valence-corrected chi connectivity index (χ0v) is 15.6. The topological polar surface area (TPSA) is 64.7 Å². The second-order valence-electron chi connectivity index (χ2n) is 5.94. The van der Waals surface area contributed by atoms with E-state index in [1.54, 1.807) is 24.8 Å². The Bertz CT molecular complexity index is 1050. The van der Waals surface area contributed by atoms with E-state index >= 15 is 0 Å². The van der Waals surface area contributed by atoms with Crippen LogP contribution in [0.2, 0.25) is 0 Å². The first kappa shape index (κ1) is 17.3. The number of thioether (sulfide) groups is 1. The highest BCUT2D eigenvalue weighted by Gasteiger charge is 2.30. The number of esters is 1. The second-order valence-corrected chi connectivity index (χ2v) is 6.82. The van der Waals surface area contributed by atoms with Crippen molar-refractivity contribution in [3.8, 4) is 11.3 Å². The van der Waals surface area contributed by atoms with E-state index in [9.17, 15) is 4.79 Å².